The molecule has 5 heteroatoms. The molecule has 26 heavy (non-hydrogen) atoms. The summed E-state index contributed by atoms with van der Waals surface area (Å²) in [4.78, 5) is 0. The van der Waals surface area contributed by atoms with Gasteiger partial charge in [-0.1, -0.05) is 0 Å². The van der Waals surface area contributed by atoms with Gasteiger partial charge in [0.2, 0.25) is 0 Å². The molecular formula is C21H26Cl2OSiZr. The third-order valence-corrected chi connectivity index (χ3v) is 12.1. The Balaban J connectivity index is 0.00000169. The van der Waals surface area contributed by atoms with Crippen molar-refractivity contribution < 1.29 is 51.0 Å². The van der Waals surface area contributed by atoms with Crippen molar-refractivity contribution in [2.75, 3.05) is 0 Å². The topological polar surface area (TPSA) is 9.23 Å². The first-order chi connectivity index (χ1) is 11.6. The molecule has 0 heterocycles. The van der Waals surface area contributed by atoms with Crippen LogP contribution in [0.5, 0.6) is 0 Å². The van der Waals surface area contributed by atoms with Crippen LogP contribution in [0.4, 0.5) is 0 Å². The van der Waals surface area contributed by atoms with Crippen molar-refractivity contribution in [3.05, 3.63) is 64.7 Å². The van der Waals surface area contributed by atoms with Crippen LogP contribution in [0, 0.1) is 0 Å². The van der Waals surface area contributed by atoms with Gasteiger partial charge in [0.25, 0.3) is 0 Å². The SMILES string of the molecule is CCCc1ccc(-c2cccc3c2C=C(C)[CH]3[Zr+2][O][SiH](C)C)cc1.[Cl-].[Cl-]. The minimum atomic E-state index is -0.905. The van der Waals surface area contributed by atoms with E-state index in [4.69, 9.17) is 2.50 Å². The Kier molecular flexibility index (Phi) is 10.1. The van der Waals surface area contributed by atoms with Crippen LogP contribution in [0.3, 0.4) is 0 Å². The molecule has 1 nitrogen and oxygen atoms in total. The Labute approximate surface area is 184 Å². The minimum absolute atomic E-state index is 0. The number of fused-ring (bicyclic) bond motifs is 1. The van der Waals surface area contributed by atoms with Crippen molar-refractivity contribution in [1.29, 1.82) is 0 Å². The number of allylic oxidation sites excluding steroid dienone is 1. The summed E-state index contributed by atoms with van der Waals surface area (Å²) >= 11 is -0.837. The monoisotopic (exact) mass is 482 g/mol. The Morgan fingerprint density at radius 2 is 1.73 bits per heavy atom. The van der Waals surface area contributed by atoms with Crippen molar-refractivity contribution in [2.24, 2.45) is 0 Å². The molecule has 0 aliphatic heterocycles. The molecule has 2 aromatic carbocycles. The molecule has 0 N–H and O–H groups in total. The molecule has 1 unspecified atom stereocenters. The molecule has 0 radical (unpaired) electrons. The van der Waals surface area contributed by atoms with Crippen LogP contribution in [0.1, 0.15) is 40.6 Å². The van der Waals surface area contributed by atoms with E-state index in [0.29, 0.717) is 3.63 Å². The number of aryl methyl sites for hydroxylation is 1. The zero-order chi connectivity index (χ0) is 17.1. The van der Waals surface area contributed by atoms with Gasteiger partial charge < -0.3 is 24.8 Å². The summed E-state index contributed by atoms with van der Waals surface area (Å²) in [5, 5.41) is 0. The van der Waals surface area contributed by atoms with Gasteiger partial charge in [-0.25, -0.2) is 0 Å². The summed E-state index contributed by atoms with van der Waals surface area (Å²) < 4.78 is 6.80. The number of rotatable bonds is 6. The summed E-state index contributed by atoms with van der Waals surface area (Å²) in [5.41, 5.74) is 8.57. The van der Waals surface area contributed by atoms with Gasteiger partial charge in [0, 0.05) is 0 Å². The van der Waals surface area contributed by atoms with Gasteiger partial charge >= 0.3 is 161 Å². The molecule has 0 bridgehead atoms. The fraction of sp³-hybridized carbons (Fsp3) is 0.333. The molecule has 138 valence electrons. The Morgan fingerprint density at radius 1 is 1.04 bits per heavy atom. The number of hydrogen-bond donors (Lipinski definition) is 0. The second-order valence-corrected chi connectivity index (χ2v) is 12.9. The maximum absolute atomic E-state index is 6.21. The van der Waals surface area contributed by atoms with Crippen LogP contribution in [0.25, 0.3) is 17.2 Å². The molecule has 0 fully saturated rings. The van der Waals surface area contributed by atoms with Crippen molar-refractivity contribution in [3.63, 3.8) is 0 Å². The summed E-state index contributed by atoms with van der Waals surface area (Å²) in [5.74, 6) is 0. The van der Waals surface area contributed by atoms with E-state index in [1.807, 2.05) is 0 Å². The molecule has 0 aromatic heterocycles. The number of hydrogen-bond acceptors (Lipinski definition) is 1. The van der Waals surface area contributed by atoms with E-state index in [9.17, 15) is 0 Å². The summed E-state index contributed by atoms with van der Waals surface area (Å²) in [7, 11) is -0.905. The van der Waals surface area contributed by atoms with Crippen molar-refractivity contribution in [3.8, 4) is 11.1 Å². The quantitative estimate of drug-likeness (QED) is 0.515. The largest absolute Gasteiger partial charge is 1.00 e. The van der Waals surface area contributed by atoms with E-state index < -0.39 is 32.7 Å². The first-order valence-electron chi connectivity index (χ1n) is 8.91. The van der Waals surface area contributed by atoms with Crippen molar-refractivity contribution in [2.45, 2.75) is 43.4 Å². The van der Waals surface area contributed by atoms with E-state index in [-0.39, 0.29) is 24.8 Å². The van der Waals surface area contributed by atoms with Crippen LogP contribution < -0.4 is 24.8 Å². The van der Waals surface area contributed by atoms with E-state index >= 15 is 0 Å². The predicted molar refractivity (Wildman–Crippen MR) is 102 cm³/mol. The molecule has 1 atom stereocenters. The Bertz CT molecular complexity index is 744. The molecule has 0 spiro atoms. The zero-order valence-electron chi connectivity index (χ0n) is 15.9. The van der Waals surface area contributed by atoms with Gasteiger partial charge in [0.05, 0.1) is 0 Å². The van der Waals surface area contributed by atoms with Crippen LogP contribution in [0.15, 0.2) is 48.0 Å². The predicted octanol–water partition coefficient (Wildman–Crippen LogP) is -0.230. The standard InChI is InChI=1S/C19H19.C2H7OSi.2ClH.Zr/c1-3-5-15-8-10-16(11-9-15)18-7-4-6-17-12-14(2)13-19(17)18;1-4(2)3;;;/h4,6-13H,3,5H2,1-2H3;4H,1-2H3;2*1H;/q;-1;;;+3/p-2. The molecule has 0 saturated carbocycles. The first kappa shape index (κ1) is 23.9. The third kappa shape index (κ3) is 5.42. The average molecular weight is 485 g/mol. The fourth-order valence-corrected chi connectivity index (χ4v) is 8.32. The van der Waals surface area contributed by atoms with E-state index in [1.165, 1.54) is 39.8 Å². The zero-order valence-corrected chi connectivity index (χ0v) is 21.0. The number of benzene rings is 2. The Hall–Kier alpha value is -0.180. The van der Waals surface area contributed by atoms with Gasteiger partial charge in [0.15, 0.2) is 0 Å². The van der Waals surface area contributed by atoms with Gasteiger partial charge in [0.1, 0.15) is 0 Å². The molecule has 1 aliphatic carbocycles. The van der Waals surface area contributed by atoms with E-state index in [2.05, 4.69) is 75.5 Å². The molecular weight excluding hydrogens is 458 g/mol. The summed E-state index contributed by atoms with van der Waals surface area (Å²) in [6.45, 7) is 9.08. The van der Waals surface area contributed by atoms with Crippen LogP contribution in [0.2, 0.25) is 13.1 Å². The van der Waals surface area contributed by atoms with Gasteiger partial charge in [-0.2, -0.15) is 0 Å². The number of halogens is 2. The Morgan fingerprint density at radius 3 is 2.35 bits per heavy atom. The maximum atomic E-state index is 6.21. The molecule has 0 amide bonds. The van der Waals surface area contributed by atoms with E-state index in [1.54, 1.807) is 0 Å². The maximum Gasteiger partial charge on any atom is -1.00 e. The molecule has 2 aromatic rings. The van der Waals surface area contributed by atoms with Crippen LogP contribution in [-0.4, -0.2) is 9.04 Å². The average Bonchev–Trinajstić information content (AvgIpc) is 2.89. The molecule has 0 saturated heterocycles. The minimum Gasteiger partial charge on any atom is -1.00 e. The van der Waals surface area contributed by atoms with Gasteiger partial charge in [-0.15, -0.1) is 0 Å². The van der Waals surface area contributed by atoms with E-state index in [0.717, 1.165) is 6.42 Å². The summed E-state index contributed by atoms with van der Waals surface area (Å²) in [6, 6.07) is 15.9. The smallest absolute Gasteiger partial charge is 1.00 e. The second kappa shape index (κ2) is 11.0. The second-order valence-electron chi connectivity index (χ2n) is 6.86. The fourth-order valence-electron chi connectivity index (χ4n) is 3.30. The molecule has 1 aliphatic rings. The van der Waals surface area contributed by atoms with Crippen LogP contribution in [-0.2, 0) is 32.6 Å². The van der Waals surface area contributed by atoms with Gasteiger partial charge in [-0.05, 0) is 0 Å². The van der Waals surface area contributed by atoms with Gasteiger partial charge in [-0.3, -0.25) is 0 Å². The van der Waals surface area contributed by atoms with Crippen molar-refractivity contribution >= 4 is 15.1 Å². The molecule has 3 rings (SSSR count). The normalized spacial score (nSPS) is 14.8. The van der Waals surface area contributed by atoms with Crippen LogP contribution >= 0.6 is 0 Å². The first-order valence-corrected chi connectivity index (χ1v) is 14.1. The van der Waals surface area contributed by atoms with Crippen molar-refractivity contribution in [1.82, 2.24) is 0 Å². The summed E-state index contributed by atoms with van der Waals surface area (Å²) in [6.07, 6.45) is 4.77. The third-order valence-electron chi connectivity index (χ3n) is 4.50.